The molecule has 0 unspecified atom stereocenters. The van der Waals surface area contributed by atoms with Crippen LogP contribution in [-0.2, 0) is 6.54 Å². The average molecular weight is 291 g/mol. The van der Waals surface area contributed by atoms with Gasteiger partial charge in [0.15, 0.2) is 0 Å². The summed E-state index contributed by atoms with van der Waals surface area (Å²) in [6, 6.07) is 15.8. The van der Waals surface area contributed by atoms with Gasteiger partial charge in [-0.1, -0.05) is 30.3 Å². The van der Waals surface area contributed by atoms with Crippen molar-refractivity contribution in [2.75, 3.05) is 11.4 Å². The number of rotatable bonds is 1. The van der Waals surface area contributed by atoms with Crippen LogP contribution < -0.4 is 4.90 Å². The van der Waals surface area contributed by atoms with Crippen molar-refractivity contribution in [3.8, 4) is 0 Å². The van der Waals surface area contributed by atoms with Gasteiger partial charge in [0.25, 0.3) is 5.91 Å². The molecule has 1 aromatic heterocycles. The maximum absolute atomic E-state index is 12.9. The van der Waals surface area contributed by atoms with Crippen molar-refractivity contribution in [3.63, 3.8) is 0 Å². The molecule has 4 rings (SSSR count). The number of nitrogens with zero attached hydrogens (tertiary/aromatic N) is 3. The fraction of sp³-hybridized carbons (Fsp3) is 0.222. The third-order valence-corrected chi connectivity index (χ3v) is 4.26. The van der Waals surface area contributed by atoms with Gasteiger partial charge in [-0.25, -0.2) is 4.98 Å². The largest absolute Gasteiger partial charge is 0.310 e. The van der Waals surface area contributed by atoms with Gasteiger partial charge in [0, 0.05) is 18.7 Å². The summed E-state index contributed by atoms with van der Waals surface area (Å²) in [5.74, 6) is 0.801. The molecule has 0 fully saturated rings. The lowest BCUT2D eigenvalue weighted by Crippen LogP contribution is -2.38. The standard InChI is InChI=1S/C18H17N3O/c1-13-7-2-3-8-14(13)17(22)21-12-6-11-20-16-10-5-4-9-15(16)19-18(20)21/h2-5,7-10H,6,11-12H2,1H3. The summed E-state index contributed by atoms with van der Waals surface area (Å²) >= 11 is 0. The van der Waals surface area contributed by atoms with Gasteiger partial charge in [-0.05, 0) is 37.1 Å². The van der Waals surface area contributed by atoms with Crippen LogP contribution in [0.25, 0.3) is 11.0 Å². The molecular formula is C18H17N3O. The number of hydrogen-bond acceptors (Lipinski definition) is 2. The number of benzene rings is 2. The summed E-state index contributed by atoms with van der Waals surface area (Å²) in [7, 11) is 0. The zero-order valence-corrected chi connectivity index (χ0v) is 12.5. The lowest BCUT2D eigenvalue weighted by atomic mass is 10.1. The van der Waals surface area contributed by atoms with E-state index >= 15 is 0 Å². The van der Waals surface area contributed by atoms with Gasteiger partial charge in [-0.2, -0.15) is 0 Å². The molecule has 1 aliphatic heterocycles. The third-order valence-electron chi connectivity index (χ3n) is 4.26. The highest BCUT2D eigenvalue weighted by Crippen LogP contribution is 2.28. The number of aryl methyl sites for hydroxylation is 2. The molecule has 0 atom stereocenters. The van der Waals surface area contributed by atoms with Crippen molar-refractivity contribution in [3.05, 3.63) is 59.7 Å². The van der Waals surface area contributed by atoms with Crippen LogP contribution in [-0.4, -0.2) is 22.0 Å². The SMILES string of the molecule is Cc1ccccc1C(=O)N1CCCn2c1nc1ccccc12. The Hall–Kier alpha value is -2.62. The van der Waals surface area contributed by atoms with Crippen molar-refractivity contribution in [2.45, 2.75) is 19.9 Å². The van der Waals surface area contributed by atoms with Crippen LogP contribution in [0, 0.1) is 6.92 Å². The Kier molecular flexibility index (Phi) is 2.96. The first-order chi connectivity index (χ1) is 10.8. The number of carbonyl (C=O) groups excluding carboxylic acids is 1. The van der Waals surface area contributed by atoms with E-state index in [-0.39, 0.29) is 5.91 Å². The number of fused-ring (bicyclic) bond motifs is 3. The van der Waals surface area contributed by atoms with Crippen molar-refractivity contribution in [1.82, 2.24) is 9.55 Å². The topological polar surface area (TPSA) is 38.1 Å². The van der Waals surface area contributed by atoms with Gasteiger partial charge >= 0.3 is 0 Å². The molecule has 22 heavy (non-hydrogen) atoms. The van der Waals surface area contributed by atoms with E-state index in [9.17, 15) is 4.79 Å². The maximum atomic E-state index is 12.9. The number of hydrogen-bond donors (Lipinski definition) is 0. The molecule has 110 valence electrons. The fourth-order valence-corrected chi connectivity index (χ4v) is 3.13. The first kappa shape index (κ1) is 13.1. The van der Waals surface area contributed by atoms with Crippen molar-refractivity contribution in [1.29, 1.82) is 0 Å². The van der Waals surface area contributed by atoms with Crippen LogP contribution in [0.3, 0.4) is 0 Å². The van der Waals surface area contributed by atoms with E-state index in [4.69, 9.17) is 0 Å². The van der Waals surface area contributed by atoms with Crippen LogP contribution in [0.4, 0.5) is 5.95 Å². The van der Waals surface area contributed by atoms with E-state index in [0.717, 1.165) is 47.6 Å². The number of anilines is 1. The fourth-order valence-electron chi connectivity index (χ4n) is 3.13. The van der Waals surface area contributed by atoms with E-state index in [1.165, 1.54) is 0 Å². The Morgan fingerprint density at radius 2 is 1.82 bits per heavy atom. The predicted octanol–water partition coefficient (Wildman–Crippen LogP) is 3.40. The molecule has 4 heteroatoms. The highest BCUT2D eigenvalue weighted by molar-refractivity contribution is 6.07. The van der Waals surface area contributed by atoms with Gasteiger partial charge in [0.2, 0.25) is 5.95 Å². The van der Waals surface area contributed by atoms with Crippen molar-refractivity contribution < 1.29 is 4.79 Å². The zero-order valence-electron chi connectivity index (χ0n) is 12.5. The molecule has 0 aliphatic carbocycles. The smallest absolute Gasteiger partial charge is 0.260 e. The lowest BCUT2D eigenvalue weighted by Gasteiger charge is -2.28. The molecule has 0 bridgehead atoms. The van der Waals surface area contributed by atoms with Crippen LogP contribution >= 0.6 is 0 Å². The van der Waals surface area contributed by atoms with Gasteiger partial charge in [-0.3, -0.25) is 9.69 Å². The lowest BCUT2D eigenvalue weighted by molar-refractivity contribution is 0.0980. The first-order valence-electron chi connectivity index (χ1n) is 7.58. The summed E-state index contributed by atoms with van der Waals surface area (Å²) in [5, 5.41) is 0. The van der Waals surface area contributed by atoms with E-state index in [1.807, 2.05) is 54.3 Å². The van der Waals surface area contributed by atoms with Gasteiger partial charge in [0.05, 0.1) is 11.0 Å². The summed E-state index contributed by atoms with van der Waals surface area (Å²) in [5.41, 5.74) is 3.80. The first-order valence-corrected chi connectivity index (χ1v) is 7.58. The molecule has 0 N–H and O–H groups in total. The molecule has 0 radical (unpaired) electrons. The predicted molar refractivity (Wildman–Crippen MR) is 87.2 cm³/mol. The van der Waals surface area contributed by atoms with Crippen LogP contribution in [0.2, 0.25) is 0 Å². The number of carbonyl (C=O) groups is 1. The van der Waals surface area contributed by atoms with E-state index in [0.29, 0.717) is 0 Å². The monoisotopic (exact) mass is 291 g/mol. The quantitative estimate of drug-likeness (QED) is 0.689. The summed E-state index contributed by atoms with van der Waals surface area (Å²) < 4.78 is 2.15. The second-order valence-corrected chi connectivity index (χ2v) is 5.68. The van der Waals surface area contributed by atoms with Crippen LogP contribution in [0.1, 0.15) is 22.3 Å². The maximum Gasteiger partial charge on any atom is 0.260 e. The second-order valence-electron chi connectivity index (χ2n) is 5.68. The van der Waals surface area contributed by atoms with E-state index < -0.39 is 0 Å². The molecule has 1 aliphatic rings. The Morgan fingerprint density at radius 1 is 1.05 bits per heavy atom. The molecule has 0 saturated carbocycles. The molecule has 3 aromatic rings. The Labute approximate surface area is 129 Å². The van der Waals surface area contributed by atoms with E-state index in [1.54, 1.807) is 0 Å². The minimum absolute atomic E-state index is 0.0364. The normalized spacial score (nSPS) is 14.1. The van der Waals surface area contributed by atoms with Crippen molar-refractivity contribution in [2.24, 2.45) is 0 Å². The Bertz CT molecular complexity index is 866. The molecular weight excluding hydrogens is 274 g/mol. The second kappa shape index (κ2) is 4.98. The van der Waals surface area contributed by atoms with Crippen molar-refractivity contribution >= 4 is 22.9 Å². The van der Waals surface area contributed by atoms with Crippen LogP contribution in [0.15, 0.2) is 48.5 Å². The number of para-hydroxylation sites is 2. The highest BCUT2D eigenvalue weighted by Gasteiger charge is 2.27. The molecule has 0 spiro atoms. The summed E-state index contributed by atoms with van der Waals surface area (Å²) in [6.07, 6.45) is 0.949. The summed E-state index contributed by atoms with van der Waals surface area (Å²) in [4.78, 5) is 19.4. The Balaban J connectivity index is 1.83. The van der Waals surface area contributed by atoms with Gasteiger partial charge < -0.3 is 4.57 Å². The van der Waals surface area contributed by atoms with Crippen LogP contribution in [0.5, 0.6) is 0 Å². The van der Waals surface area contributed by atoms with E-state index in [2.05, 4.69) is 15.6 Å². The number of aromatic nitrogens is 2. The minimum atomic E-state index is 0.0364. The zero-order chi connectivity index (χ0) is 15.1. The third kappa shape index (κ3) is 1.91. The number of amides is 1. The molecule has 4 nitrogen and oxygen atoms in total. The average Bonchev–Trinajstić information content (AvgIpc) is 2.93. The molecule has 2 aromatic carbocycles. The van der Waals surface area contributed by atoms with Gasteiger partial charge in [0.1, 0.15) is 0 Å². The summed E-state index contributed by atoms with van der Waals surface area (Å²) in [6.45, 7) is 3.60. The molecule has 0 saturated heterocycles. The molecule has 1 amide bonds. The minimum Gasteiger partial charge on any atom is -0.310 e. The Morgan fingerprint density at radius 3 is 2.68 bits per heavy atom. The number of imidazole rings is 1. The molecule has 2 heterocycles. The van der Waals surface area contributed by atoms with Gasteiger partial charge in [-0.15, -0.1) is 0 Å². The highest BCUT2D eigenvalue weighted by atomic mass is 16.2.